The molecule has 0 amide bonds. The standard InChI is InChI=1S/C12H19N5O3/c1-4-19-12(18)10-11(14-7-13-10)15-16-17-5-8(2)20-9(3)6-17/h7-9H,4-6H2,1-3H3,(H,13,14)/b16-15+/t8-,9+. The molecule has 1 aromatic heterocycles. The summed E-state index contributed by atoms with van der Waals surface area (Å²) in [6.07, 6.45) is 1.59. The van der Waals surface area contributed by atoms with E-state index in [9.17, 15) is 4.79 Å². The smallest absolute Gasteiger partial charge is 0.358 e. The Morgan fingerprint density at radius 3 is 2.90 bits per heavy atom. The third-order valence-corrected chi connectivity index (χ3v) is 2.77. The van der Waals surface area contributed by atoms with Crippen LogP contribution < -0.4 is 0 Å². The largest absolute Gasteiger partial charge is 0.461 e. The van der Waals surface area contributed by atoms with Gasteiger partial charge in [-0.25, -0.2) is 9.78 Å². The zero-order chi connectivity index (χ0) is 14.5. The zero-order valence-electron chi connectivity index (χ0n) is 11.9. The second-order valence-electron chi connectivity index (χ2n) is 4.64. The van der Waals surface area contributed by atoms with E-state index in [2.05, 4.69) is 20.3 Å². The molecule has 0 bridgehead atoms. The molecule has 1 aromatic rings. The van der Waals surface area contributed by atoms with Crippen molar-refractivity contribution in [3.63, 3.8) is 0 Å². The van der Waals surface area contributed by atoms with Crippen molar-refractivity contribution in [2.75, 3.05) is 19.7 Å². The second-order valence-corrected chi connectivity index (χ2v) is 4.64. The molecule has 1 saturated heterocycles. The number of aromatic nitrogens is 2. The number of morpholine rings is 1. The number of rotatable bonds is 4. The van der Waals surface area contributed by atoms with Gasteiger partial charge in [0, 0.05) is 0 Å². The number of esters is 1. The molecule has 2 atom stereocenters. The fourth-order valence-corrected chi connectivity index (χ4v) is 2.05. The van der Waals surface area contributed by atoms with Gasteiger partial charge in [-0.2, -0.15) is 0 Å². The molecule has 0 aromatic carbocycles. The van der Waals surface area contributed by atoms with Crippen LogP contribution in [0.15, 0.2) is 16.7 Å². The summed E-state index contributed by atoms with van der Waals surface area (Å²) in [6.45, 7) is 7.33. The highest BCUT2D eigenvalue weighted by Crippen LogP contribution is 2.17. The Balaban J connectivity index is 2.04. The molecule has 2 heterocycles. The lowest BCUT2D eigenvalue weighted by atomic mass is 10.3. The van der Waals surface area contributed by atoms with Gasteiger partial charge in [0.05, 0.1) is 38.2 Å². The first-order chi connectivity index (χ1) is 9.60. The van der Waals surface area contributed by atoms with Crippen LogP contribution in [0.2, 0.25) is 0 Å². The lowest BCUT2D eigenvalue weighted by Crippen LogP contribution is -2.42. The molecular formula is C12H19N5O3. The molecule has 1 aliphatic heterocycles. The summed E-state index contributed by atoms with van der Waals surface area (Å²) in [5.41, 5.74) is 0.213. The van der Waals surface area contributed by atoms with Gasteiger partial charge in [-0.1, -0.05) is 5.22 Å². The van der Waals surface area contributed by atoms with Gasteiger partial charge >= 0.3 is 5.97 Å². The van der Waals surface area contributed by atoms with E-state index in [1.165, 1.54) is 6.33 Å². The fourth-order valence-electron chi connectivity index (χ4n) is 2.05. The molecule has 1 N–H and O–H groups in total. The molecule has 110 valence electrons. The van der Waals surface area contributed by atoms with Gasteiger partial charge in [-0.15, -0.1) is 5.11 Å². The quantitative estimate of drug-likeness (QED) is 0.669. The fraction of sp³-hybridized carbons (Fsp3) is 0.667. The van der Waals surface area contributed by atoms with E-state index in [4.69, 9.17) is 9.47 Å². The van der Waals surface area contributed by atoms with Crippen LogP contribution in [0, 0.1) is 0 Å². The molecular weight excluding hydrogens is 262 g/mol. The maximum Gasteiger partial charge on any atom is 0.358 e. The third-order valence-electron chi connectivity index (χ3n) is 2.77. The lowest BCUT2D eigenvalue weighted by molar-refractivity contribution is -0.0697. The molecule has 1 fully saturated rings. The molecule has 0 radical (unpaired) electrons. The maximum absolute atomic E-state index is 11.7. The van der Waals surface area contributed by atoms with Crippen molar-refractivity contribution in [1.82, 2.24) is 15.0 Å². The van der Waals surface area contributed by atoms with Gasteiger partial charge in [0.15, 0.2) is 5.69 Å². The zero-order valence-corrected chi connectivity index (χ0v) is 11.9. The van der Waals surface area contributed by atoms with Crippen molar-refractivity contribution >= 4 is 11.8 Å². The Bertz CT molecular complexity index is 477. The van der Waals surface area contributed by atoms with E-state index in [-0.39, 0.29) is 23.7 Å². The molecule has 0 aliphatic carbocycles. The molecule has 8 nitrogen and oxygen atoms in total. The van der Waals surface area contributed by atoms with Gasteiger partial charge in [-0.05, 0) is 20.8 Å². The first-order valence-corrected chi connectivity index (χ1v) is 6.62. The van der Waals surface area contributed by atoms with Gasteiger partial charge in [0.1, 0.15) is 0 Å². The van der Waals surface area contributed by atoms with Crippen LogP contribution in [-0.4, -0.2) is 52.9 Å². The van der Waals surface area contributed by atoms with Crippen LogP contribution in [0.3, 0.4) is 0 Å². The minimum atomic E-state index is -0.484. The Labute approximate surface area is 117 Å². The van der Waals surface area contributed by atoms with E-state index in [1.807, 2.05) is 18.9 Å². The lowest BCUT2D eigenvalue weighted by Gasteiger charge is -2.32. The van der Waals surface area contributed by atoms with Crippen LogP contribution in [0.25, 0.3) is 0 Å². The summed E-state index contributed by atoms with van der Waals surface area (Å²) in [5, 5.41) is 9.94. The van der Waals surface area contributed by atoms with Crippen molar-refractivity contribution < 1.29 is 14.3 Å². The van der Waals surface area contributed by atoms with Crippen molar-refractivity contribution in [3.8, 4) is 0 Å². The Kier molecular flexibility index (Phi) is 4.67. The van der Waals surface area contributed by atoms with Gasteiger partial charge in [0.25, 0.3) is 0 Å². The van der Waals surface area contributed by atoms with Crippen molar-refractivity contribution in [2.45, 2.75) is 33.0 Å². The number of aromatic amines is 1. The van der Waals surface area contributed by atoms with Gasteiger partial charge in [0.2, 0.25) is 5.82 Å². The Morgan fingerprint density at radius 1 is 1.55 bits per heavy atom. The number of nitrogens with one attached hydrogen (secondary N) is 1. The van der Waals surface area contributed by atoms with E-state index in [0.29, 0.717) is 19.7 Å². The van der Waals surface area contributed by atoms with E-state index in [0.717, 1.165) is 0 Å². The first kappa shape index (κ1) is 14.4. The molecule has 20 heavy (non-hydrogen) atoms. The van der Waals surface area contributed by atoms with Crippen LogP contribution in [0.1, 0.15) is 31.3 Å². The summed E-state index contributed by atoms with van der Waals surface area (Å²) in [4.78, 5) is 18.3. The average molecular weight is 281 g/mol. The first-order valence-electron chi connectivity index (χ1n) is 6.62. The van der Waals surface area contributed by atoms with Crippen molar-refractivity contribution in [3.05, 3.63) is 12.0 Å². The second kappa shape index (κ2) is 6.47. The summed E-state index contributed by atoms with van der Waals surface area (Å²) in [6, 6.07) is 0. The third kappa shape index (κ3) is 3.53. The number of hydrogen-bond donors (Lipinski definition) is 1. The van der Waals surface area contributed by atoms with Crippen LogP contribution in [0.4, 0.5) is 5.82 Å². The minimum Gasteiger partial charge on any atom is -0.461 e. The highest BCUT2D eigenvalue weighted by molar-refractivity contribution is 5.91. The average Bonchev–Trinajstić information content (AvgIpc) is 2.84. The molecule has 2 rings (SSSR count). The predicted molar refractivity (Wildman–Crippen MR) is 70.6 cm³/mol. The molecule has 0 unspecified atom stereocenters. The molecule has 0 saturated carbocycles. The SMILES string of the molecule is CCOC(=O)c1[nH]cnc1/N=N/N1C[C@@H](C)O[C@@H](C)C1. The number of ether oxygens (including phenoxy) is 2. The summed E-state index contributed by atoms with van der Waals surface area (Å²) in [5.74, 6) is -0.252. The number of hydrogen-bond acceptors (Lipinski definition) is 6. The maximum atomic E-state index is 11.7. The molecule has 1 aliphatic rings. The van der Waals surface area contributed by atoms with E-state index < -0.39 is 5.97 Å². The predicted octanol–water partition coefficient (Wildman–Crippen LogP) is 1.69. The van der Waals surface area contributed by atoms with E-state index in [1.54, 1.807) is 6.92 Å². The number of imidazole rings is 1. The highest BCUT2D eigenvalue weighted by Gasteiger charge is 2.22. The summed E-state index contributed by atoms with van der Waals surface area (Å²) >= 11 is 0. The highest BCUT2D eigenvalue weighted by atomic mass is 16.5. The van der Waals surface area contributed by atoms with Crippen molar-refractivity contribution in [1.29, 1.82) is 0 Å². The topological polar surface area (TPSA) is 92.2 Å². The number of nitrogens with zero attached hydrogens (tertiary/aromatic N) is 4. The molecule has 0 spiro atoms. The number of H-pyrrole nitrogens is 1. The monoisotopic (exact) mass is 281 g/mol. The number of carbonyl (C=O) groups is 1. The van der Waals surface area contributed by atoms with Gasteiger partial charge < -0.3 is 14.5 Å². The molecule has 8 heteroatoms. The van der Waals surface area contributed by atoms with Gasteiger partial charge in [-0.3, -0.25) is 5.01 Å². The normalized spacial score (nSPS) is 23.2. The van der Waals surface area contributed by atoms with Crippen LogP contribution in [0.5, 0.6) is 0 Å². The number of carbonyl (C=O) groups excluding carboxylic acids is 1. The summed E-state index contributed by atoms with van der Waals surface area (Å²) in [7, 11) is 0. The Morgan fingerprint density at radius 2 is 2.25 bits per heavy atom. The van der Waals surface area contributed by atoms with Crippen LogP contribution in [-0.2, 0) is 9.47 Å². The van der Waals surface area contributed by atoms with Crippen molar-refractivity contribution in [2.24, 2.45) is 10.3 Å². The van der Waals surface area contributed by atoms with Crippen LogP contribution >= 0.6 is 0 Å². The minimum absolute atomic E-state index is 0.0985. The summed E-state index contributed by atoms with van der Waals surface area (Å²) < 4.78 is 10.5. The van der Waals surface area contributed by atoms with E-state index >= 15 is 0 Å². The Hall–Kier alpha value is -1.96.